The molecule has 0 fully saturated rings. The van der Waals surface area contributed by atoms with Gasteiger partial charge in [-0.1, -0.05) is 12.1 Å². The summed E-state index contributed by atoms with van der Waals surface area (Å²) in [6.07, 6.45) is 0. The van der Waals surface area contributed by atoms with Crippen LogP contribution in [0.25, 0.3) is 0 Å². The Hall–Kier alpha value is -2.07. The summed E-state index contributed by atoms with van der Waals surface area (Å²) >= 11 is 0. The summed E-state index contributed by atoms with van der Waals surface area (Å²) in [5.74, 6) is 1.37. The Morgan fingerprint density at radius 1 is 1.05 bits per heavy atom. The van der Waals surface area contributed by atoms with Crippen molar-refractivity contribution in [2.45, 2.75) is 20.0 Å². The van der Waals surface area contributed by atoms with Crippen molar-refractivity contribution < 1.29 is 13.9 Å². The zero-order valence-corrected chi connectivity index (χ0v) is 11.3. The molecule has 0 bridgehead atoms. The third-order valence-corrected chi connectivity index (χ3v) is 3.39. The smallest absolute Gasteiger partial charge is 0.231 e. The van der Waals surface area contributed by atoms with Crippen molar-refractivity contribution >= 4 is 0 Å². The first kappa shape index (κ1) is 12.9. The third-order valence-electron chi connectivity index (χ3n) is 3.39. The van der Waals surface area contributed by atoms with Gasteiger partial charge < -0.3 is 14.8 Å². The Morgan fingerprint density at radius 3 is 2.80 bits per heavy atom. The van der Waals surface area contributed by atoms with Crippen LogP contribution < -0.4 is 14.8 Å². The molecule has 4 heteroatoms. The van der Waals surface area contributed by atoms with E-state index < -0.39 is 0 Å². The standard InChI is InChI=1S/C16H16FNO2/c1-11-2-4-14(17)7-13(11)9-18-8-12-3-5-15-16(6-12)20-10-19-15/h2-7,18H,8-10H2,1H3. The van der Waals surface area contributed by atoms with Gasteiger partial charge in [0.25, 0.3) is 0 Å². The highest BCUT2D eigenvalue weighted by Crippen LogP contribution is 2.32. The average molecular weight is 273 g/mol. The summed E-state index contributed by atoms with van der Waals surface area (Å²) in [6.45, 7) is 3.61. The Bertz CT molecular complexity index is 628. The van der Waals surface area contributed by atoms with Crippen LogP contribution in [0.2, 0.25) is 0 Å². The number of fused-ring (bicyclic) bond motifs is 1. The molecule has 1 aliphatic rings. The minimum absolute atomic E-state index is 0.199. The van der Waals surface area contributed by atoms with Crippen LogP contribution in [0.3, 0.4) is 0 Å². The highest BCUT2D eigenvalue weighted by molar-refractivity contribution is 5.44. The van der Waals surface area contributed by atoms with Gasteiger partial charge in [-0.05, 0) is 47.9 Å². The number of aryl methyl sites for hydroxylation is 1. The van der Waals surface area contributed by atoms with E-state index in [0.717, 1.165) is 28.2 Å². The summed E-state index contributed by atoms with van der Waals surface area (Å²) < 4.78 is 23.8. The Kier molecular flexibility index (Phi) is 3.56. The number of nitrogens with one attached hydrogen (secondary N) is 1. The van der Waals surface area contributed by atoms with Crippen LogP contribution in [0, 0.1) is 12.7 Å². The van der Waals surface area contributed by atoms with Crippen molar-refractivity contribution in [1.82, 2.24) is 5.32 Å². The highest BCUT2D eigenvalue weighted by Gasteiger charge is 2.12. The van der Waals surface area contributed by atoms with E-state index in [1.54, 1.807) is 12.1 Å². The topological polar surface area (TPSA) is 30.5 Å². The summed E-state index contributed by atoms with van der Waals surface area (Å²) in [5.41, 5.74) is 3.18. The van der Waals surface area contributed by atoms with Crippen molar-refractivity contribution in [3.8, 4) is 11.5 Å². The van der Waals surface area contributed by atoms with E-state index in [2.05, 4.69) is 5.32 Å². The lowest BCUT2D eigenvalue weighted by atomic mass is 10.1. The molecular formula is C16H16FNO2. The highest BCUT2D eigenvalue weighted by atomic mass is 19.1. The van der Waals surface area contributed by atoms with Gasteiger partial charge in [-0.15, -0.1) is 0 Å². The second kappa shape index (κ2) is 5.51. The molecule has 0 amide bonds. The molecule has 0 atom stereocenters. The Morgan fingerprint density at radius 2 is 1.90 bits per heavy atom. The zero-order chi connectivity index (χ0) is 13.9. The first-order valence-electron chi connectivity index (χ1n) is 6.56. The summed E-state index contributed by atoms with van der Waals surface area (Å²) in [6, 6.07) is 10.7. The van der Waals surface area contributed by atoms with Crippen LogP contribution in [0.5, 0.6) is 11.5 Å². The number of benzene rings is 2. The normalized spacial score (nSPS) is 12.7. The van der Waals surface area contributed by atoms with E-state index in [-0.39, 0.29) is 12.6 Å². The maximum atomic E-state index is 13.2. The SMILES string of the molecule is Cc1ccc(F)cc1CNCc1ccc2c(c1)OCO2. The Balaban J connectivity index is 1.61. The molecule has 0 aliphatic carbocycles. The lowest BCUT2D eigenvalue weighted by Gasteiger charge is -2.08. The van der Waals surface area contributed by atoms with Crippen LogP contribution in [0.15, 0.2) is 36.4 Å². The van der Waals surface area contributed by atoms with Gasteiger partial charge in [0.15, 0.2) is 11.5 Å². The van der Waals surface area contributed by atoms with Crippen LogP contribution in [0.4, 0.5) is 4.39 Å². The Labute approximate surface area is 117 Å². The van der Waals surface area contributed by atoms with Gasteiger partial charge in [-0.25, -0.2) is 4.39 Å². The molecule has 104 valence electrons. The third kappa shape index (κ3) is 2.75. The van der Waals surface area contributed by atoms with E-state index in [1.807, 2.05) is 25.1 Å². The molecule has 2 aromatic rings. The van der Waals surface area contributed by atoms with Crippen molar-refractivity contribution in [1.29, 1.82) is 0 Å². The van der Waals surface area contributed by atoms with E-state index in [1.165, 1.54) is 6.07 Å². The molecule has 2 aromatic carbocycles. The maximum Gasteiger partial charge on any atom is 0.231 e. The number of hydrogen-bond donors (Lipinski definition) is 1. The monoisotopic (exact) mass is 273 g/mol. The van der Waals surface area contributed by atoms with E-state index in [9.17, 15) is 4.39 Å². The first-order chi connectivity index (χ1) is 9.72. The molecular weight excluding hydrogens is 257 g/mol. The zero-order valence-electron chi connectivity index (χ0n) is 11.3. The summed E-state index contributed by atoms with van der Waals surface area (Å²) in [7, 11) is 0. The number of ether oxygens (including phenoxy) is 2. The van der Waals surface area contributed by atoms with Gasteiger partial charge in [0.2, 0.25) is 6.79 Å². The van der Waals surface area contributed by atoms with E-state index >= 15 is 0 Å². The average Bonchev–Trinajstić information content (AvgIpc) is 2.90. The second-order valence-electron chi connectivity index (χ2n) is 4.86. The van der Waals surface area contributed by atoms with Crippen molar-refractivity contribution in [3.05, 3.63) is 58.9 Å². The quantitative estimate of drug-likeness (QED) is 0.928. The summed E-state index contributed by atoms with van der Waals surface area (Å²) in [5, 5.41) is 3.31. The van der Waals surface area contributed by atoms with Crippen molar-refractivity contribution in [2.24, 2.45) is 0 Å². The van der Waals surface area contributed by atoms with Crippen LogP contribution in [-0.4, -0.2) is 6.79 Å². The van der Waals surface area contributed by atoms with Crippen LogP contribution >= 0.6 is 0 Å². The molecule has 1 heterocycles. The van der Waals surface area contributed by atoms with Gasteiger partial charge in [0.05, 0.1) is 0 Å². The number of halogens is 1. The fourth-order valence-electron chi connectivity index (χ4n) is 2.22. The molecule has 0 spiro atoms. The fraction of sp³-hybridized carbons (Fsp3) is 0.250. The molecule has 1 N–H and O–H groups in total. The lowest BCUT2D eigenvalue weighted by Crippen LogP contribution is -2.13. The molecule has 0 aromatic heterocycles. The van der Waals surface area contributed by atoms with Gasteiger partial charge in [-0.2, -0.15) is 0 Å². The fourth-order valence-corrected chi connectivity index (χ4v) is 2.22. The van der Waals surface area contributed by atoms with Crippen molar-refractivity contribution in [2.75, 3.05) is 6.79 Å². The largest absolute Gasteiger partial charge is 0.454 e. The molecule has 0 radical (unpaired) electrons. The molecule has 0 unspecified atom stereocenters. The molecule has 20 heavy (non-hydrogen) atoms. The molecule has 0 saturated carbocycles. The first-order valence-corrected chi connectivity index (χ1v) is 6.56. The summed E-state index contributed by atoms with van der Waals surface area (Å²) in [4.78, 5) is 0. The van der Waals surface area contributed by atoms with Crippen LogP contribution in [-0.2, 0) is 13.1 Å². The van der Waals surface area contributed by atoms with Gasteiger partial charge in [0, 0.05) is 13.1 Å². The maximum absolute atomic E-state index is 13.2. The molecule has 3 nitrogen and oxygen atoms in total. The second-order valence-corrected chi connectivity index (χ2v) is 4.86. The van der Waals surface area contributed by atoms with Gasteiger partial charge in [0.1, 0.15) is 5.82 Å². The number of hydrogen-bond acceptors (Lipinski definition) is 3. The van der Waals surface area contributed by atoms with Crippen LogP contribution in [0.1, 0.15) is 16.7 Å². The van der Waals surface area contributed by atoms with E-state index in [4.69, 9.17) is 9.47 Å². The minimum Gasteiger partial charge on any atom is -0.454 e. The van der Waals surface area contributed by atoms with Crippen molar-refractivity contribution in [3.63, 3.8) is 0 Å². The number of rotatable bonds is 4. The molecule has 1 aliphatic heterocycles. The predicted molar refractivity (Wildman–Crippen MR) is 74.2 cm³/mol. The van der Waals surface area contributed by atoms with E-state index in [0.29, 0.717) is 13.1 Å². The van der Waals surface area contributed by atoms with Gasteiger partial charge >= 0.3 is 0 Å². The molecule has 0 saturated heterocycles. The van der Waals surface area contributed by atoms with Gasteiger partial charge in [-0.3, -0.25) is 0 Å². The predicted octanol–water partition coefficient (Wildman–Crippen LogP) is 3.15. The minimum atomic E-state index is -0.199. The molecule has 3 rings (SSSR count). The lowest BCUT2D eigenvalue weighted by molar-refractivity contribution is 0.174.